The Balaban J connectivity index is 2.39. The molecule has 1 saturated heterocycles. The van der Waals surface area contributed by atoms with Crippen LogP contribution in [0, 0.1) is 0 Å². The third-order valence-corrected chi connectivity index (χ3v) is 4.90. The summed E-state index contributed by atoms with van der Waals surface area (Å²) in [5, 5.41) is 9.43. The Kier molecular flexibility index (Phi) is 6.51. The van der Waals surface area contributed by atoms with Crippen molar-refractivity contribution in [3.63, 3.8) is 0 Å². The topological polar surface area (TPSA) is 78.9 Å². The van der Waals surface area contributed by atoms with Crippen LogP contribution in [0.1, 0.15) is 32.6 Å². The van der Waals surface area contributed by atoms with Crippen molar-refractivity contribution in [2.75, 3.05) is 26.8 Å². The first-order valence-corrected chi connectivity index (χ1v) is 7.85. The second-order valence-corrected chi connectivity index (χ2v) is 6.46. The molecular formula is C11H24N2O4S. The maximum Gasteiger partial charge on any atom is 0.279 e. The third kappa shape index (κ3) is 4.81. The SMILES string of the molecule is COCC(O)CCNS(=O)(=O)N1CCCCC1C. The molecule has 18 heavy (non-hydrogen) atoms. The van der Waals surface area contributed by atoms with Crippen molar-refractivity contribution in [2.24, 2.45) is 0 Å². The van der Waals surface area contributed by atoms with Gasteiger partial charge >= 0.3 is 0 Å². The van der Waals surface area contributed by atoms with Crippen LogP contribution in [0.15, 0.2) is 0 Å². The van der Waals surface area contributed by atoms with E-state index in [2.05, 4.69) is 4.72 Å². The number of hydrogen-bond donors (Lipinski definition) is 2. The molecule has 0 saturated carbocycles. The lowest BCUT2D eigenvalue weighted by Gasteiger charge is -2.32. The number of hydrogen-bond acceptors (Lipinski definition) is 4. The van der Waals surface area contributed by atoms with E-state index in [-0.39, 0.29) is 19.2 Å². The van der Waals surface area contributed by atoms with Gasteiger partial charge in [-0.2, -0.15) is 12.7 Å². The quantitative estimate of drug-likeness (QED) is 0.693. The summed E-state index contributed by atoms with van der Waals surface area (Å²) in [5.74, 6) is 0. The molecule has 0 aliphatic carbocycles. The predicted molar refractivity (Wildman–Crippen MR) is 69.4 cm³/mol. The molecule has 0 aromatic heterocycles. The molecule has 2 atom stereocenters. The molecule has 1 aliphatic rings. The van der Waals surface area contributed by atoms with Gasteiger partial charge in [0.25, 0.3) is 10.2 Å². The van der Waals surface area contributed by atoms with E-state index in [0.717, 1.165) is 19.3 Å². The van der Waals surface area contributed by atoms with E-state index in [1.165, 1.54) is 11.4 Å². The third-order valence-electron chi connectivity index (χ3n) is 3.17. The Hall–Kier alpha value is -0.210. The van der Waals surface area contributed by atoms with Crippen molar-refractivity contribution in [3.8, 4) is 0 Å². The van der Waals surface area contributed by atoms with Crippen LogP contribution in [-0.2, 0) is 14.9 Å². The molecule has 2 N–H and O–H groups in total. The maximum absolute atomic E-state index is 12.0. The Morgan fingerprint density at radius 1 is 1.50 bits per heavy atom. The summed E-state index contributed by atoms with van der Waals surface area (Å²) in [6, 6.07) is 0.0557. The predicted octanol–water partition coefficient (Wildman–Crippen LogP) is 0.0926. The van der Waals surface area contributed by atoms with Crippen molar-refractivity contribution in [2.45, 2.75) is 44.8 Å². The Morgan fingerprint density at radius 2 is 2.22 bits per heavy atom. The van der Waals surface area contributed by atoms with Crippen molar-refractivity contribution in [1.29, 1.82) is 0 Å². The minimum Gasteiger partial charge on any atom is -0.391 e. The highest BCUT2D eigenvalue weighted by atomic mass is 32.2. The fraction of sp³-hybridized carbons (Fsp3) is 1.00. The van der Waals surface area contributed by atoms with Crippen molar-refractivity contribution < 1.29 is 18.3 Å². The largest absolute Gasteiger partial charge is 0.391 e. The monoisotopic (exact) mass is 280 g/mol. The lowest BCUT2D eigenvalue weighted by atomic mass is 10.1. The number of piperidine rings is 1. The molecule has 2 unspecified atom stereocenters. The molecule has 1 heterocycles. The standard InChI is InChI=1S/C11H24N2O4S/c1-10-5-3-4-8-13(10)18(15,16)12-7-6-11(14)9-17-2/h10-12,14H,3-9H2,1-2H3. The first-order valence-electron chi connectivity index (χ1n) is 6.41. The molecule has 1 fully saturated rings. The number of nitrogens with zero attached hydrogens (tertiary/aromatic N) is 1. The van der Waals surface area contributed by atoms with E-state index in [1.807, 2.05) is 6.92 Å². The number of aliphatic hydroxyl groups is 1. The van der Waals surface area contributed by atoms with Gasteiger partial charge in [0.2, 0.25) is 0 Å². The second-order valence-electron chi connectivity index (χ2n) is 4.75. The number of methoxy groups -OCH3 is 1. The zero-order valence-corrected chi connectivity index (χ0v) is 11.9. The number of aliphatic hydroxyl groups excluding tert-OH is 1. The van der Waals surface area contributed by atoms with E-state index in [4.69, 9.17) is 4.74 Å². The molecule has 1 aliphatic heterocycles. The van der Waals surface area contributed by atoms with Gasteiger partial charge in [-0.25, -0.2) is 4.72 Å². The Morgan fingerprint density at radius 3 is 2.83 bits per heavy atom. The van der Waals surface area contributed by atoms with E-state index < -0.39 is 16.3 Å². The molecule has 0 aromatic carbocycles. The number of nitrogens with one attached hydrogen (secondary N) is 1. The van der Waals surface area contributed by atoms with Crippen molar-refractivity contribution >= 4 is 10.2 Å². The molecule has 0 bridgehead atoms. The summed E-state index contributed by atoms with van der Waals surface area (Å²) in [7, 11) is -1.91. The first kappa shape index (κ1) is 15.8. The zero-order valence-electron chi connectivity index (χ0n) is 11.1. The van der Waals surface area contributed by atoms with Crippen LogP contribution in [0.5, 0.6) is 0 Å². The van der Waals surface area contributed by atoms with Gasteiger partial charge in [0.05, 0.1) is 12.7 Å². The van der Waals surface area contributed by atoms with Gasteiger partial charge in [0.15, 0.2) is 0 Å². The van der Waals surface area contributed by atoms with Crippen LogP contribution >= 0.6 is 0 Å². The highest BCUT2D eigenvalue weighted by Gasteiger charge is 2.28. The van der Waals surface area contributed by atoms with Gasteiger partial charge in [-0.3, -0.25) is 0 Å². The average Bonchev–Trinajstić information content (AvgIpc) is 2.29. The van der Waals surface area contributed by atoms with Crippen LogP contribution in [0.25, 0.3) is 0 Å². The lowest BCUT2D eigenvalue weighted by Crippen LogP contribution is -2.48. The summed E-state index contributed by atoms with van der Waals surface area (Å²) < 4.78 is 32.9. The van der Waals surface area contributed by atoms with Gasteiger partial charge < -0.3 is 9.84 Å². The van der Waals surface area contributed by atoms with Gasteiger partial charge in [-0.1, -0.05) is 6.42 Å². The van der Waals surface area contributed by atoms with Crippen LogP contribution < -0.4 is 4.72 Å². The van der Waals surface area contributed by atoms with Crippen LogP contribution in [0.4, 0.5) is 0 Å². The molecule has 0 aromatic rings. The number of ether oxygens (including phenoxy) is 1. The minimum atomic E-state index is -3.41. The van der Waals surface area contributed by atoms with Gasteiger partial charge in [0, 0.05) is 26.2 Å². The molecule has 1 rings (SSSR count). The molecule has 108 valence electrons. The normalized spacial score (nSPS) is 24.1. The van der Waals surface area contributed by atoms with E-state index in [9.17, 15) is 13.5 Å². The molecule has 0 radical (unpaired) electrons. The fourth-order valence-corrected chi connectivity index (χ4v) is 3.63. The molecule has 7 heteroatoms. The van der Waals surface area contributed by atoms with Crippen LogP contribution in [-0.4, -0.2) is 56.8 Å². The lowest BCUT2D eigenvalue weighted by molar-refractivity contribution is 0.0602. The minimum absolute atomic E-state index is 0.0557. The first-order chi connectivity index (χ1) is 8.47. The zero-order chi connectivity index (χ0) is 13.6. The van der Waals surface area contributed by atoms with Gasteiger partial charge in [-0.05, 0) is 26.2 Å². The maximum atomic E-state index is 12.0. The summed E-state index contributed by atoms with van der Waals surface area (Å²) in [6.07, 6.45) is 2.64. The smallest absolute Gasteiger partial charge is 0.279 e. The molecular weight excluding hydrogens is 256 g/mol. The fourth-order valence-electron chi connectivity index (χ4n) is 2.14. The molecule has 0 spiro atoms. The van der Waals surface area contributed by atoms with E-state index in [0.29, 0.717) is 13.0 Å². The summed E-state index contributed by atoms with van der Waals surface area (Å²) >= 11 is 0. The van der Waals surface area contributed by atoms with Crippen LogP contribution in [0.3, 0.4) is 0 Å². The summed E-state index contributed by atoms with van der Waals surface area (Å²) in [6.45, 7) is 2.97. The van der Waals surface area contributed by atoms with Crippen LogP contribution in [0.2, 0.25) is 0 Å². The summed E-state index contributed by atoms with van der Waals surface area (Å²) in [4.78, 5) is 0. The van der Waals surface area contributed by atoms with Gasteiger partial charge in [0.1, 0.15) is 0 Å². The second kappa shape index (κ2) is 7.40. The number of rotatable bonds is 7. The summed E-state index contributed by atoms with van der Waals surface area (Å²) in [5.41, 5.74) is 0. The molecule has 0 amide bonds. The Labute approximate surface area is 109 Å². The van der Waals surface area contributed by atoms with E-state index in [1.54, 1.807) is 0 Å². The average molecular weight is 280 g/mol. The molecule has 6 nitrogen and oxygen atoms in total. The van der Waals surface area contributed by atoms with Gasteiger partial charge in [-0.15, -0.1) is 0 Å². The van der Waals surface area contributed by atoms with Crippen molar-refractivity contribution in [3.05, 3.63) is 0 Å². The van der Waals surface area contributed by atoms with Crippen molar-refractivity contribution in [1.82, 2.24) is 9.03 Å². The highest BCUT2D eigenvalue weighted by molar-refractivity contribution is 7.87. The Bertz CT molecular complexity index is 334. The highest BCUT2D eigenvalue weighted by Crippen LogP contribution is 2.18. The van der Waals surface area contributed by atoms with E-state index >= 15 is 0 Å².